The third-order valence-electron chi connectivity index (χ3n) is 2.14. The van der Waals surface area contributed by atoms with Gasteiger partial charge in [0, 0.05) is 19.8 Å². The summed E-state index contributed by atoms with van der Waals surface area (Å²) in [5, 5.41) is 0. The van der Waals surface area contributed by atoms with Crippen LogP contribution in [0.25, 0.3) is 4.85 Å². The molecule has 0 aliphatic carbocycles. The predicted octanol–water partition coefficient (Wildman–Crippen LogP) is 3.31. The Kier molecular flexibility index (Phi) is 4.11. The lowest BCUT2D eigenvalue weighted by Gasteiger charge is -2.08. The summed E-state index contributed by atoms with van der Waals surface area (Å²) < 4.78 is 0. The summed E-state index contributed by atoms with van der Waals surface area (Å²) in [7, 11) is 0. The van der Waals surface area contributed by atoms with Crippen molar-refractivity contribution in [1.82, 2.24) is 0 Å². The van der Waals surface area contributed by atoms with E-state index < -0.39 is 0 Å². The minimum atomic E-state index is 0.0377. The van der Waals surface area contributed by atoms with Gasteiger partial charge in [0.1, 0.15) is 0 Å². The van der Waals surface area contributed by atoms with E-state index in [2.05, 4.69) is 25.6 Å². The van der Waals surface area contributed by atoms with Gasteiger partial charge in [0.25, 0.3) is 12.1 Å². The molecule has 0 saturated carbocycles. The lowest BCUT2D eigenvalue weighted by Crippen LogP contribution is -2.17. The summed E-state index contributed by atoms with van der Waals surface area (Å²) in [4.78, 5) is 3.88. The quantitative estimate of drug-likeness (QED) is 0.564. The van der Waals surface area contributed by atoms with Crippen molar-refractivity contribution in [3.05, 3.63) is 4.85 Å². The highest BCUT2D eigenvalue weighted by Gasteiger charge is 2.30. The van der Waals surface area contributed by atoms with E-state index in [-0.39, 0.29) is 5.54 Å². The third kappa shape index (κ3) is 2.87. The van der Waals surface area contributed by atoms with Crippen LogP contribution in [0.1, 0.15) is 46.5 Å². The van der Waals surface area contributed by atoms with E-state index >= 15 is 0 Å². The SMILES string of the molecule is C#[N+][C@@](C)(CC)CCCC. The average molecular weight is 140 g/mol. The number of rotatable bonds is 4. The van der Waals surface area contributed by atoms with E-state index in [1.54, 1.807) is 0 Å². The van der Waals surface area contributed by atoms with E-state index in [1.807, 2.05) is 0 Å². The molecule has 0 rings (SSSR count). The highest BCUT2D eigenvalue weighted by molar-refractivity contribution is 4.95. The fourth-order valence-electron chi connectivity index (χ4n) is 0.890. The summed E-state index contributed by atoms with van der Waals surface area (Å²) in [5.74, 6) is 0. The Hall–Kier alpha value is -0.510. The fourth-order valence-corrected chi connectivity index (χ4v) is 0.890. The predicted molar refractivity (Wildman–Crippen MR) is 46.5 cm³/mol. The molecule has 0 N–H and O–H groups in total. The highest BCUT2D eigenvalue weighted by Crippen LogP contribution is 2.21. The second-order valence-corrected chi connectivity index (χ2v) is 3.08. The Labute approximate surface area is 64.3 Å². The van der Waals surface area contributed by atoms with E-state index in [4.69, 9.17) is 6.57 Å². The van der Waals surface area contributed by atoms with Crippen molar-refractivity contribution < 1.29 is 0 Å². The van der Waals surface area contributed by atoms with Crippen molar-refractivity contribution >= 4 is 0 Å². The molecule has 0 aromatic rings. The van der Waals surface area contributed by atoms with Gasteiger partial charge in [-0.2, -0.15) is 0 Å². The van der Waals surface area contributed by atoms with Crippen LogP contribution in [0.2, 0.25) is 0 Å². The number of unbranched alkanes of at least 4 members (excludes halogenated alkanes) is 1. The first-order valence-electron chi connectivity index (χ1n) is 4.10. The van der Waals surface area contributed by atoms with E-state index in [0.717, 1.165) is 12.8 Å². The summed E-state index contributed by atoms with van der Waals surface area (Å²) in [6, 6.07) is 0. The van der Waals surface area contributed by atoms with Crippen LogP contribution in [0.15, 0.2) is 0 Å². The van der Waals surface area contributed by atoms with Gasteiger partial charge in [-0.05, 0) is 6.42 Å². The van der Waals surface area contributed by atoms with Crippen LogP contribution in [-0.4, -0.2) is 5.54 Å². The van der Waals surface area contributed by atoms with Gasteiger partial charge in [-0.15, -0.1) is 0 Å². The monoisotopic (exact) mass is 140 g/mol. The van der Waals surface area contributed by atoms with Crippen LogP contribution >= 0.6 is 0 Å². The number of hydrogen-bond acceptors (Lipinski definition) is 0. The first-order valence-corrected chi connectivity index (χ1v) is 4.10. The summed E-state index contributed by atoms with van der Waals surface area (Å²) in [6.07, 6.45) is 4.62. The van der Waals surface area contributed by atoms with E-state index in [9.17, 15) is 0 Å². The highest BCUT2D eigenvalue weighted by atomic mass is 14.8. The molecule has 0 fully saturated rings. The van der Waals surface area contributed by atoms with Gasteiger partial charge >= 0.3 is 0 Å². The molecular weight excluding hydrogens is 122 g/mol. The summed E-state index contributed by atoms with van der Waals surface area (Å²) in [6.45, 7) is 11.7. The van der Waals surface area contributed by atoms with Gasteiger partial charge in [0.15, 0.2) is 0 Å². The molecule has 0 amide bonds. The zero-order chi connectivity index (χ0) is 8.04. The standard InChI is InChI=1S/C9H18N/c1-5-7-8-9(3,6-2)10-4/h4H,5-8H2,1-3H3/q+1/t9-/m0/s1. The third-order valence-corrected chi connectivity index (χ3v) is 2.14. The summed E-state index contributed by atoms with van der Waals surface area (Å²) in [5.41, 5.74) is 0.0377. The molecule has 10 heavy (non-hydrogen) atoms. The fraction of sp³-hybridized carbons (Fsp3) is 0.889. The van der Waals surface area contributed by atoms with Crippen molar-refractivity contribution in [2.24, 2.45) is 0 Å². The molecule has 0 spiro atoms. The molecule has 0 heterocycles. The Morgan fingerprint density at radius 3 is 2.30 bits per heavy atom. The van der Waals surface area contributed by atoms with E-state index in [0.29, 0.717) is 0 Å². The lowest BCUT2D eigenvalue weighted by molar-refractivity contribution is 0.471. The lowest BCUT2D eigenvalue weighted by atomic mass is 9.93. The Balaban J connectivity index is 3.72. The van der Waals surface area contributed by atoms with Crippen LogP contribution in [0, 0.1) is 6.57 Å². The molecule has 0 unspecified atom stereocenters. The molecule has 1 atom stereocenters. The second kappa shape index (κ2) is 4.33. The smallest absolute Gasteiger partial charge is 0.0807 e. The van der Waals surface area contributed by atoms with Crippen LogP contribution < -0.4 is 0 Å². The van der Waals surface area contributed by atoms with Crippen molar-refractivity contribution in [2.45, 2.75) is 52.0 Å². The molecule has 0 saturated heterocycles. The summed E-state index contributed by atoms with van der Waals surface area (Å²) >= 11 is 0. The normalized spacial score (nSPS) is 15.8. The molecule has 0 bridgehead atoms. The van der Waals surface area contributed by atoms with Crippen molar-refractivity contribution in [3.8, 4) is 6.57 Å². The zero-order valence-corrected chi connectivity index (χ0v) is 7.35. The molecule has 1 nitrogen and oxygen atoms in total. The minimum Gasteiger partial charge on any atom is -0.0807 e. The van der Waals surface area contributed by atoms with Crippen LogP contribution in [0.4, 0.5) is 0 Å². The Bertz CT molecular complexity index is 123. The molecule has 0 aliphatic heterocycles. The maximum Gasteiger partial charge on any atom is 0.277 e. The van der Waals surface area contributed by atoms with Crippen LogP contribution in [0.5, 0.6) is 0 Å². The van der Waals surface area contributed by atoms with Crippen molar-refractivity contribution in [2.75, 3.05) is 0 Å². The maximum absolute atomic E-state index is 5.28. The van der Waals surface area contributed by atoms with Crippen LogP contribution in [-0.2, 0) is 0 Å². The van der Waals surface area contributed by atoms with Gasteiger partial charge < -0.3 is 0 Å². The Morgan fingerprint density at radius 1 is 1.40 bits per heavy atom. The number of nitrogens with zero attached hydrogens (tertiary/aromatic N) is 1. The number of hydrogen-bond donors (Lipinski definition) is 0. The molecule has 0 aromatic heterocycles. The van der Waals surface area contributed by atoms with Gasteiger partial charge in [0.05, 0.1) is 0 Å². The maximum atomic E-state index is 5.28. The van der Waals surface area contributed by atoms with Gasteiger partial charge in [-0.25, -0.2) is 0 Å². The largest absolute Gasteiger partial charge is 0.277 e. The van der Waals surface area contributed by atoms with Crippen LogP contribution in [0.3, 0.4) is 0 Å². The van der Waals surface area contributed by atoms with Crippen molar-refractivity contribution in [3.63, 3.8) is 0 Å². The molecule has 1 heteroatoms. The van der Waals surface area contributed by atoms with Gasteiger partial charge in [-0.3, -0.25) is 0 Å². The first kappa shape index (κ1) is 9.49. The molecule has 0 aromatic carbocycles. The molecule has 0 radical (unpaired) electrons. The Morgan fingerprint density at radius 2 is 2.00 bits per heavy atom. The van der Waals surface area contributed by atoms with Crippen molar-refractivity contribution in [1.29, 1.82) is 0 Å². The molecule has 58 valence electrons. The second-order valence-electron chi connectivity index (χ2n) is 3.08. The minimum absolute atomic E-state index is 0.0377. The zero-order valence-electron chi connectivity index (χ0n) is 7.35. The molecule has 0 aliphatic rings. The molecular formula is C9H18N+. The van der Waals surface area contributed by atoms with E-state index in [1.165, 1.54) is 12.8 Å². The van der Waals surface area contributed by atoms with Gasteiger partial charge in [0.2, 0.25) is 0 Å². The first-order chi connectivity index (χ1) is 4.68. The average Bonchev–Trinajstić information content (AvgIpc) is 2.00. The van der Waals surface area contributed by atoms with Gasteiger partial charge in [-0.1, -0.05) is 25.1 Å². The topological polar surface area (TPSA) is 4.36 Å².